The van der Waals surface area contributed by atoms with Gasteiger partial charge in [0.05, 0.1) is 0 Å². The molecule has 6 atom stereocenters. The molecule has 0 aromatic rings. The van der Waals surface area contributed by atoms with Crippen LogP contribution in [0.25, 0.3) is 0 Å². The number of carbonyl (C=O) groups excluding carboxylic acids is 2. The summed E-state index contributed by atoms with van der Waals surface area (Å²) in [5.41, 5.74) is 0.112. The van der Waals surface area contributed by atoms with E-state index < -0.39 is 5.41 Å². The van der Waals surface area contributed by atoms with Crippen molar-refractivity contribution in [3.8, 4) is 0 Å². The van der Waals surface area contributed by atoms with E-state index in [1.165, 1.54) is 31.8 Å². The van der Waals surface area contributed by atoms with Gasteiger partial charge in [-0.05, 0) is 73.8 Å². The van der Waals surface area contributed by atoms with Crippen LogP contribution in [0.5, 0.6) is 0 Å². The van der Waals surface area contributed by atoms with Crippen molar-refractivity contribution in [3.05, 3.63) is 12.2 Å². The molecule has 0 radical (unpaired) electrons. The van der Waals surface area contributed by atoms with Crippen molar-refractivity contribution in [3.63, 3.8) is 0 Å². The van der Waals surface area contributed by atoms with Crippen LogP contribution in [0.4, 0.5) is 0 Å². The van der Waals surface area contributed by atoms with Gasteiger partial charge in [0.25, 0.3) is 0 Å². The largest absolute Gasteiger partial charge is 0.295 e. The predicted molar refractivity (Wildman–Crippen MR) is 81.6 cm³/mol. The Kier molecular flexibility index (Phi) is 2.81. The topological polar surface area (TPSA) is 34.1 Å². The van der Waals surface area contributed by atoms with Gasteiger partial charge in [-0.2, -0.15) is 0 Å². The number of ketones is 2. The van der Waals surface area contributed by atoms with Crippen molar-refractivity contribution in [1.29, 1.82) is 0 Å². The summed E-state index contributed by atoms with van der Waals surface area (Å²) < 4.78 is 0. The highest BCUT2D eigenvalue weighted by Crippen LogP contribution is 2.64. The number of allylic oxidation sites excluding steroid dienone is 2. The van der Waals surface area contributed by atoms with Crippen LogP contribution in [0.3, 0.4) is 0 Å². The van der Waals surface area contributed by atoms with Crippen LogP contribution in [0, 0.1) is 34.5 Å². The lowest BCUT2D eigenvalue weighted by Crippen LogP contribution is -2.56. The van der Waals surface area contributed by atoms with Crippen LogP contribution >= 0.6 is 0 Å². The van der Waals surface area contributed by atoms with E-state index in [0.717, 1.165) is 25.2 Å². The molecule has 1 unspecified atom stereocenters. The first-order valence-corrected chi connectivity index (χ1v) is 8.73. The quantitative estimate of drug-likeness (QED) is 0.676. The molecule has 0 saturated heterocycles. The number of rotatable bonds is 0. The lowest BCUT2D eigenvalue weighted by Gasteiger charge is -2.57. The van der Waals surface area contributed by atoms with Crippen LogP contribution in [-0.4, -0.2) is 11.6 Å². The van der Waals surface area contributed by atoms with Crippen molar-refractivity contribution >= 4 is 11.6 Å². The van der Waals surface area contributed by atoms with Gasteiger partial charge in [-0.1, -0.05) is 20.3 Å². The summed E-state index contributed by atoms with van der Waals surface area (Å²) in [4.78, 5) is 25.0. The van der Waals surface area contributed by atoms with E-state index in [-0.39, 0.29) is 17.5 Å². The highest BCUT2D eigenvalue weighted by atomic mass is 16.1. The Morgan fingerprint density at radius 3 is 2.57 bits per heavy atom. The van der Waals surface area contributed by atoms with Crippen LogP contribution in [0.1, 0.15) is 58.8 Å². The first-order valence-electron chi connectivity index (χ1n) is 8.73. The number of hydrogen-bond acceptors (Lipinski definition) is 2. The first kappa shape index (κ1) is 13.7. The number of carbonyl (C=O) groups is 2. The van der Waals surface area contributed by atoms with Gasteiger partial charge in [-0.25, -0.2) is 0 Å². The number of hydrogen-bond donors (Lipinski definition) is 0. The second-order valence-electron chi connectivity index (χ2n) is 8.47. The molecular formula is C19H26O2. The smallest absolute Gasteiger partial charge is 0.162 e. The van der Waals surface area contributed by atoms with Crippen LogP contribution < -0.4 is 0 Å². The lowest BCUT2D eigenvalue weighted by atomic mass is 9.45. The molecule has 0 heterocycles. The predicted octanol–water partition coefficient (Wildman–Crippen LogP) is 3.94. The Hall–Kier alpha value is -0.920. The standard InChI is InChI=1S/C19H26O2/c1-18-10-3-4-13(18)12-5-6-15-16(20)7-8-17(21)19(15,2)14(12)9-11-18/h7-8,12-15H,3-6,9-11H2,1-2H3/t12-,13-,14-,15?,18-,19+/m0/s1. The maximum atomic E-state index is 12.7. The van der Waals surface area contributed by atoms with E-state index >= 15 is 0 Å². The maximum Gasteiger partial charge on any atom is 0.162 e. The van der Waals surface area contributed by atoms with Crippen LogP contribution in [0.2, 0.25) is 0 Å². The molecule has 4 rings (SSSR count). The van der Waals surface area contributed by atoms with E-state index in [0.29, 0.717) is 17.3 Å². The minimum absolute atomic E-state index is 0.0398. The fourth-order valence-electron chi connectivity index (χ4n) is 6.59. The molecule has 21 heavy (non-hydrogen) atoms. The molecule has 4 aliphatic carbocycles. The zero-order chi connectivity index (χ0) is 14.8. The monoisotopic (exact) mass is 286 g/mol. The Balaban J connectivity index is 1.74. The van der Waals surface area contributed by atoms with Crippen molar-refractivity contribution in [2.24, 2.45) is 34.5 Å². The third-order valence-electron chi connectivity index (χ3n) is 7.77. The second kappa shape index (κ2) is 4.30. The lowest BCUT2D eigenvalue weighted by molar-refractivity contribution is -0.153. The van der Waals surface area contributed by atoms with Gasteiger partial charge in [0.15, 0.2) is 11.6 Å². The average Bonchev–Trinajstić information content (AvgIpc) is 2.85. The van der Waals surface area contributed by atoms with Gasteiger partial charge in [0, 0.05) is 11.3 Å². The Morgan fingerprint density at radius 2 is 1.76 bits per heavy atom. The van der Waals surface area contributed by atoms with E-state index in [1.807, 2.05) is 0 Å². The van der Waals surface area contributed by atoms with Gasteiger partial charge in [0.1, 0.15) is 0 Å². The van der Waals surface area contributed by atoms with Crippen LogP contribution in [0.15, 0.2) is 12.2 Å². The summed E-state index contributed by atoms with van der Waals surface area (Å²) >= 11 is 0. The molecule has 2 heteroatoms. The van der Waals surface area contributed by atoms with Crippen molar-refractivity contribution in [1.82, 2.24) is 0 Å². The third kappa shape index (κ3) is 1.65. The Bertz CT molecular complexity index is 534. The highest BCUT2D eigenvalue weighted by molar-refractivity contribution is 6.09. The molecule has 0 aromatic heterocycles. The maximum absolute atomic E-state index is 12.7. The summed E-state index contributed by atoms with van der Waals surface area (Å²) in [5.74, 6) is 2.30. The first-order chi connectivity index (χ1) is 9.97. The molecule has 2 nitrogen and oxygen atoms in total. The SMILES string of the molecule is C[C@@]12CCC[C@H]1[C@@H]1CCC3C(=O)C=CC(=O)[C@]3(C)[C@H]1CC2. The van der Waals surface area contributed by atoms with Gasteiger partial charge in [-0.15, -0.1) is 0 Å². The molecule has 0 aromatic carbocycles. The van der Waals surface area contributed by atoms with Crippen molar-refractivity contribution in [2.45, 2.75) is 58.8 Å². The summed E-state index contributed by atoms with van der Waals surface area (Å²) in [6.45, 7) is 4.58. The van der Waals surface area contributed by atoms with Crippen LogP contribution in [-0.2, 0) is 9.59 Å². The van der Waals surface area contributed by atoms with E-state index in [1.54, 1.807) is 6.08 Å². The zero-order valence-corrected chi connectivity index (χ0v) is 13.2. The minimum Gasteiger partial charge on any atom is -0.295 e. The van der Waals surface area contributed by atoms with Gasteiger partial charge < -0.3 is 0 Å². The molecule has 3 saturated carbocycles. The van der Waals surface area contributed by atoms with Gasteiger partial charge in [-0.3, -0.25) is 9.59 Å². The van der Waals surface area contributed by atoms with E-state index in [2.05, 4.69) is 13.8 Å². The summed E-state index contributed by atoms with van der Waals surface area (Å²) in [7, 11) is 0. The van der Waals surface area contributed by atoms with E-state index in [9.17, 15) is 9.59 Å². The fourth-order valence-corrected chi connectivity index (χ4v) is 6.59. The molecule has 0 amide bonds. The van der Waals surface area contributed by atoms with E-state index in [4.69, 9.17) is 0 Å². The molecule has 0 bridgehead atoms. The average molecular weight is 286 g/mol. The van der Waals surface area contributed by atoms with Crippen molar-refractivity contribution < 1.29 is 9.59 Å². The Labute approximate surface area is 127 Å². The normalized spacial score (nSPS) is 52.3. The van der Waals surface area contributed by atoms with Gasteiger partial charge in [0.2, 0.25) is 0 Å². The molecule has 114 valence electrons. The zero-order valence-electron chi connectivity index (χ0n) is 13.2. The van der Waals surface area contributed by atoms with Crippen molar-refractivity contribution in [2.75, 3.05) is 0 Å². The summed E-state index contributed by atoms with van der Waals surface area (Å²) in [6, 6.07) is 0. The second-order valence-corrected chi connectivity index (χ2v) is 8.47. The number of fused-ring (bicyclic) bond motifs is 5. The summed E-state index contributed by atoms with van der Waals surface area (Å²) in [6.07, 6.45) is 11.7. The summed E-state index contributed by atoms with van der Waals surface area (Å²) in [5, 5.41) is 0. The molecule has 3 fully saturated rings. The highest BCUT2D eigenvalue weighted by Gasteiger charge is 2.60. The fraction of sp³-hybridized carbons (Fsp3) is 0.789. The molecule has 4 aliphatic rings. The van der Waals surface area contributed by atoms with Gasteiger partial charge >= 0.3 is 0 Å². The molecular weight excluding hydrogens is 260 g/mol. The minimum atomic E-state index is -0.404. The molecule has 0 N–H and O–H groups in total. The molecule has 0 aliphatic heterocycles. The third-order valence-corrected chi connectivity index (χ3v) is 7.77. The Morgan fingerprint density at radius 1 is 0.952 bits per heavy atom. The molecule has 0 spiro atoms.